The smallest absolute Gasteiger partial charge is 0.0178 e. The van der Waals surface area contributed by atoms with Crippen LogP contribution in [0.2, 0.25) is 0 Å². The van der Waals surface area contributed by atoms with Crippen molar-refractivity contribution < 1.29 is 0 Å². The molecule has 1 aliphatic carbocycles. The van der Waals surface area contributed by atoms with E-state index in [1.165, 1.54) is 38.6 Å². The van der Waals surface area contributed by atoms with Gasteiger partial charge in [-0.2, -0.15) is 0 Å². The lowest BCUT2D eigenvalue weighted by Gasteiger charge is -2.35. The maximum atomic E-state index is 2.54. The van der Waals surface area contributed by atoms with Crippen molar-refractivity contribution in [3.63, 3.8) is 0 Å². The quantitative estimate of drug-likeness (QED) is 0.648. The van der Waals surface area contributed by atoms with E-state index in [4.69, 9.17) is 0 Å². The second kappa shape index (κ2) is 6.42. The molecule has 0 atom stereocenters. The molecule has 0 aliphatic heterocycles. The van der Waals surface area contributed by atoms with Gasteiger partial charge in [0.25, 0.3) is 0 Å². The van der Waals surface area contributed by atoms with E-state index in [0.717, 1.165) is 0 Å². The zero-order chi connectivity index (χ0) is 10.3. The zero-order valence-electron chi connectivity index (χ0n) is 10.2. The first kappa shape index (κ1) is 13.0. The summed E-state index contributed by atoms with van der Waals surface area (Å²) in [7, 11) is 2.27. The minimum atomic E-state index is 0.538. The van der Waals surface area contributed by atoms with Gasteiger partial charge in [-0.1, -0.05) is 33.6 Å². The molecule has 1 aliphatic rings. The second-order valence-electron chi connectivity index (χ2n) is 4.13. The number of nitrogens with zero attached hydrogens (tertiary/aromatic N) is 1. The lowest BCUT2D eigenvalue weighted by molar-refractivity contribution is 0.144. The average molecular weight is 185 g/mol. The summed E-state index contributed by atoms with van der Waals surface area (Å²) in [5.74, 6) is 0. The fraction of sp³-hybridized carbons (Fsp3) is 1.00. The summed E-state index contributed by atoms with van der Waals surface area (Å²) < 4.78 is 0. The fourth-order valence-electron chi connectivity index (χ4n) is 2.12. The zero-order valence-corrected chi connectivity index (χ0v) is 10.2. The van der Waals surface area contributed by atoms with E-state index in [9.17, 15) is 0 Å². The first-order chi connectivity index (χ1) is 6.19. The summed E-state index contributed by atoms with van der Waals surface area (Å²) in [6.07, 6.45) is 6.97. The van der Waals surface area contributed by atoms with Crippen molar-refractivity contribution in [2.45, 2.75) is 65.3 Å². The van der Waals surface area contributed by atoms with Gasteiger partial charge in [0.05, 0.1) is 0 Å². The summed E-state index contributed by atoms with van der Waals surface area (Å²) in [6.45, 7) is 9.93. The molecule has 1 nitrogen and oxygen atoms in total. The Labute approximate surface area is 84.5 Å². The highest BCUT2D eigenvalue weighted by Gasteiger charge is 2.31. The SMILES string of the molecule is CC.CCCN(C)C1(C)CCCC1. The van der Waals surface area contributed by atoms with Crippen LogP contribution in [0.3, 0.4) is 0 Å². The third-order valence-electron chi connectivity index (χ3n) is 3.16. The highest BCUT2D eigenvalue weighted by Crippen LogP contribution is 2.33. The van der Waals surface area contributed by atoms with E-state index in [0.29, 0.717) is 5.54 Å². The number of hydrogen-bond acceptors (Lipinski definition) is 1. The lowest BCUT2D eigenvalue weighted by atomic mass is 9.98. The van der Waals surface area contributed by atoms with E-state index >= 15 is 0 Å². The molecule has 80 valence electrons. The van der Waals surface area contributed by atoms with Gasteiger partial charge in [0.15, 0.2) is 0 Å². The number of rotatable bonds is 3. The molecule has 1 saturated carbocycles. The molecule has 0 bridgehead atoms. The first-order valence-electron chi connectivity index (χ1n) is 5.90. The molecule has 0 saturated heterocycles. The minimum Gasteiger partial charge on any atom is -0.301 e. The highest BCUT2D eigenvalue weighted by atomic mass is 15.2. The van der Waals surface area contributed by atoms with Gasteiger partial charge in [0.1, 0.15) is 0 Å². The molecule has 1 rings (SSSR count). The van der Waals surface area contributed by atoms with Crippen LogP contribution in [-0.4, -0.2) is 24.0 Å². The van der Waals surface area contributed by atoms with Crippen LogP contribution in [0.5, 0.6) is 0 Å². The summed E-state index contributed by atoms with van der Waals surface area (Å²) in [4.78, 5) is 2.54. The Morgan fingerprint density at radius 3 is 2.00 bits per heavy atom. The topological polar surface area (TPSA) is 3.24 Å². The first-order valence-corrected chi connectivity index (χ1v) is 5.90. The molecule has 0 aromatic heterocycles. The van der Waals surface area contributed by atoms with Crippen LogP contribution < -0.4 is 0 Å². The van der Waals surface area contributed by atoms with Crippen molar-refractivity contribution in [2.75, 3.05) is 13.6 Å². The summed E-state index contributed by atoms with van der Waals surface area (Å²) >= 11 is 0. The molecule has 0 aromatic carbocycles. The maximum Gasteiger partial charge on any atom is 0.0178 e. The van der Waals surface area contributed by atoms with Gasteiger partial charge in [0, 0.05) is 5.54 Å². The normalized spacial score (nSPS) is 19.8. The number of hydrogen-bond donors (Lipinski definition) is 0. The largest absolute Gasteiger partial charge is 0.301 e. The van der Waals surface area contributed by atoms with Gasteiger partial charge in [-0.05, 0) is 39.8 Å². The van der Waals surface area contributed by atoms with Crippen molar-refractivity contribution in [2.24, 2.45) is 0 Å². The van der Waals surface area contributed by atoms with E-state index in [1.54, 1.807) is 0 Å². The Balaban J connectivity index is 0.000000671. The van der Waals surface area contributed by atoms with Gasteiger partial charge < -0.3 is 4.90 Å². The molecule has 13 heavy (non-hydrogen) atoms. The second-order valence-corrected chi connectivity index (χ2v) is 4.13. The molecular formula is C12H27N. The van der Waals surface area contributed by atoms with Crippen molar-refractivity contribution in [3.8, 4) is 0 Å². The van der Waals surface area contributed by atoms with Crippen LogP contribution >= 0.6 is 0 Å². The Morgan fingerprint density at radius 1 is 1.15 bits per heavy atom. The molecule has 0 amide bonds. The van der Waals surface area contributed by atoms with E-state index in [-0.39, 0.29) is 0 Å². The standard InChI is InChI=1S/C10H21N.C2H6/c1-4-9-11(3)10(2)7-5-6-8-10;1-2/h4-9H2,1-3H3;1-2H3. The third kappa shape index (κ3) is 3.68. The lowest BCUT2D eigenvalue weighted by Crippen LogP contribution is -2.41. The molecule has 0 N–H and O–H groups in total. The Hall–Kier alpha value is -0.0400. The maximum absolute atomic E-state index is 2.54. The van der Waals surface area contributed by atoms with Gasteiger partial charge in [-0.3, -0.25) is 0 Å². The van der Waals surface area contributed by atoms with E-state index in [2.05, 4.69) is 25.8 Å². The van der Waals surface area contributed by atoms with E-state index < -0.39 is 0 Å². The van der Waals surface area contributed by atoms with Gasteiger partial charge in [0.2, 0.25) is 0 Å². The molecule has 0 radical (unpaired) electrons. The Kier molecular flexibility index (Phi) is 6.40. The predicted molar refractivity (Wildman–Crippen MR) is 61.1 cm³/mol. The molecule has 0 spiro atoms. The molecule has 1 heteroatoms. The molecule has 0 unspecified atom stereocenters. The van der Waals surface area contributed by atoms with E-state index in [1.807, 2.05) is 13.8 Å². The monoisotopic (exact) mass is 185 g/mol. The summed E-state index contributed by atoms with van der Waals surface area (Å²) in [6, 6.07) is 0. The van der Waals surface area contributed by atoms with Crippen LogP contribution in [0.4, 0.5) is 0 Å². The average Bonchev–Trinajstić information content (AvgIpc) is 2.58. The molecule has 0 heterocycles. The van der Waals surface area contributed by atoms with Gasteiger partial charge >= 0.3 is 0 Å². The van der Waals surface area contributed by atoms with Crippen LogP contribution in [0.25, 0.3) is 0 Å². The predicted octanol–water partition coefficient (Wildman–Crippen LogP) is 3.69. The highest BCUT2D eigenvalue weighted by molar-refractivity contribution is 4.88. The van der Waals surface area contributed by atoms with Crippen LogP contribution in [0.1, 0.15) is 59.8 Å². The van der Waals surface area contributed by atoms with Crippen LogP contribution in [-0.2, 0) is 0 Å². The van der Waals surface area contributed by atoms with Gasteiger partial charge in [-0.15, -0.1) is 0 Å². The van der Waals surface area contributed by atoms with Crippen LogP contribution in [0.15, 0.2) is 0 Å². The molecule has 1 fully saturated rings. The van der Waals surface area contributed by atoms with Crippen LogP contribution in [0, 0.1) is 0 Å². The fourth-order valence-corrected chi connectivity index (χ4v) is 2.12. The van der Waals surface area contributed by atoms with Crippen molar-refractivity contribution in [1.29, 1.82) is 0 Å². The summed E-state index contributed by atoms with van der Waals surface area (Å²) in [5, 5.41) is 0. The molecular weight excluding hydrogens is 158 g/mol. The third-order valence-corrected chi connectivity index (χ3v) is 3.16. The Bertz CT molecular complexity index is 114. The van der Waals surface area contributed by atoms with Crippen molar-refractivity contribution in [3.05, 3.63) is 0 Å². The Morgan fingerprint density at radius 2 is 1.62 bits per heavy atom. The van der Waals surface area contributed by atoms with Crippen molar-refractivity contribution >= 4 is 0 Å². The molecule has 0 aromatic rings. The minimum absolute atomic E-state index is 0.538. The van der Waals surface area contributed by atoms with Crippen molar-refractivity contribution in [1.82, 2.24) is 4.90 Å². The van der Waals surface area contributed by atoms with Gasteiger partial charge in [-0.25, -0.2) is 0 Å². The summed E-state index contributed by atoms with van der Waals surface area (Å²) in [5.41, 5.74) is 0.538.